The molecule has 1 amide bonds. The molecule has 1 N–H and O–H groups in total. The Balaban J connectivity index is 1.73. The van der Waals surface area contributed by atoms with E-state index >= 15 is 0 Å². The van der Waals surface area contributed by atoms with E-state index in [1.54, 1.807) is 30.3 Å². The van der Waals surface area contributed by atoms with Gasteiger partial charge in [0.2, 0.25) is 10.0 Å². The first-order valence-corrected chi connectivity index (χ1v) is 10.9. The van der Waals surface area contributed by atoms with Crippen molar-refractivity contribution < 1.29 is 22.3 Å². The summed E-state index contributed by atoms with van der Waals surface area (Å²) in [4.78, 5) is 12.7. The quantitative estimate of drug-likeness (QED) is 0.779. The van der Waals surface area contributed by atoms with Gasteiger partial charge in [-0.25, -0.2) is 12.8 Å². The van der Waals surface area contributed by atoms with Crippen molar-refractivity contribution in [2.45, 2.75) is 24.2 Å². The number of amides is 1. The molecule has 2 aromatic rings. The highest BCUT2D eigenvalue weighted by Gasteiger charge is 2.28. The van der Waals surface area contributed by atoms with Gasteiger partial charge in [0.05, 0.1) is 18.1 Å². The van der Waals surface area contributed by atoms with Crippen molar-refractivity contribution in [3.63, 3.8) is 0 Å². The molecular weight excluding hydrogens is 395 g/mol. The fourth-order valence-corrected chi connectivity index (χ4v) is 4.70. The molecule has 156 valence electrons. The van der Waals surface area contributed by atoms with E-state index in [-0.39, 0.29) is 35.9 Å². The second-order valence-electron chi connectivity index (χ2n) is 7.59. The first-order valence-electron chi connectivity index (χ1n) is 9.43. The first kappa shape index (κ1) is 21.4. The predicted molar refractivity (Wildman–Crippen MR) is 108 cm³/mol. The fourth-order valence-electron chi connectivity index (χ4n) is 3.24. The van der Waals surface area contributed by atoms with Crippen molar-refractivity contribution >= 4 is 15.9 Å². The number of hydrogen-bond donors (Lipinski definition) is 1. The zero-order valence-corrected chi connectivity index (χ0v) is 17.3. The van der Waals surface area contributed by atoms with Crippen molar-refractivity contribution in [2.75, 3.05) is 32.8 Å². The van der Waals surface area contributed by atoms with Crippen LogP contribution in [0.15, 0.2) is 53.4 Å². The van der Waals surface area contributed by atoms with E-state index in [4.69, 9.17) is 4.74 Å². The predicted octanol–water partition coefficient (Wildman–Crippen LogP) is 2.55. The van der Waals surface area contributed by atoms with Crippen molar-refractivity contribution in [3.05, 3.63) is 65.5 Å². The lowest BCUT2D eigenvalue weighted by molar-refractivity contribution is 0.0730. The van der Waals surface area contributed by atoms with E-state index in [1.807, 2.05) is 13.8 Å². The molecule has 1 aliphatic rings. The Hall–Kier alpha value is -2.29. The number of halogens is 1. The molecule has 3 rings (SSSR count). The SMILES string of the molecule is CC(C)(CNC(=O)c1cccc(S(=O)(=O)N2CCOCC2)c1)c1ccccc1F. The van der Waals surface area contributed by atoms with Gasteiger partial charge in [0.25, 0.3) is 5.91 Å². The van der Waals surface area contributed by atoms with Crippen LogP contribution >= 0.6 is 0 Å². The van der Waals surface area contributed by atoms with E-state index in [0.717, 1.165) is 0 Å². The van der Waals surface area contributed by atoms with Crippen LogP contribution in [-0.4, -0.2) is 51.5 Å². The minimum atomic E-state index is -3.69. The van der Waals surface area contributed by atoms with E-state index in [1.165, 1.54) is 22.5 Å². The summed E-state index contributed by atoms with van der Waals surface area (Å²) in [7, 11) is -3.69. The van der Waals surface area contributed by atoms with Crippen LogP contribution in [0, 0.1) is 5.82 Å². The van der Waals surface area contributed by atoms with Gasteiger partial charge in [-0.2, -0.15) is 4.31 Å². The molecule has 0 unspecified atom stereocenters. The first-order chi connectivity index (χ1) is 13.7. The minimum Gasteiger partial charge on any atom is -0.379 e. The van der Waals surface area contributed by atoms with Crippen LogP contribution < -0.4 is 5.32 Å². The molecule has 8 heteroatoms. The molecular formula is C21H25FN2O4S. The summed E-state index contributed by atoms with van der Waals surface area (Å²) in [6.07, 6.45) is 0. The third-order valence-electron chi connectivity index (χ3n) is 5.00. The number of nitrogens with one attached hydrogen (secondary N) is 1. The summed E-state index contributed by atoms with van der Waals surface area (Å²) in [6.45, 7) is 5.16. The number of rotatable bonds is 6. The summed E-state index contributed by atoms with van der Waals surface area (Å²) in [5.41, 5.74) is 0.117. The molecule has 29 heavy (non-hydrogen) atoms. The van der Waals surface area contributed by atoms with E-state index in [0.29, 0.717) is 18.8 Å². The highest BCUT2D eigenvalue weighted by Crippen LogP contribution is 2.25. The van der Waals surface area contributed by atoms with Gasteiger partial charge in [0.15, 0.2) is 0 Å². The Morgan fingerprint density at radius 1 is 1.14 bits per heavy atom. The molecule has 6 nitrogen and oxygen atoms in total. The smallest absolute Gasteiger partial charge is 0.251 e. The summed E-state index contributed by atoms with van der Waals surface area (Å²) in [5.74, 6) is -0.737. The van der Waals surface area contributed by atoms with Gasteiger partial charge in [-0.3, -0.25) is 4.79 Å². The lowest BCUT2D eigenvalue weighted by Crippen LogP contribution is -2.40. The molecule has 0 saturated carbocycles. The molecule has 0 spiro atoms. The van der Waals surface area contributed by atoms with Crippen LogP contribution in [0.5, 0.6) is 0 Å². The maximum absolute atomic E-state index is 14.1. The standard InChI is InChI=1S/C21H25FN2O4S/c1-21(2,18-8-3-4-9-19(18)22)15-23-20(25)16-6-5-7-17(14-16)29(26,27)24-10-12-28-13-11-24/h3-9,14H,10-13,15H2,1-2H3,(H,23,25). The molecule has 1 aliphatic heterocycles. The average molecular weight is 421 g/mol. The van der Waals surface area contributed by atoms with Crippen LogP contribution in [0.2, 0.25) is 0 Å². The van der Waals surface area contributed by atoms with E-state index in [9.17, 15) is 17.6 Å². The lowest BCUT2D eigenvalue weighted by Gasteiger charge is -2.27. The number of morpholine rings is 1. The number of hydrogen-bond acceptors (Lipinski definition) is 4. The molecule has 0 aliphatic carbocycles. The number of nitrogens with zero attached hydrogens (tertiary/aromatic N) is 1. The maximum Gasteiger partial charge on any atom is 0.251 e. The Morgan fingerprint density at radius 2 is 1.83 bits per heavy atom. The number of ether oxygens (including phenoxy) is 1. The maximum atomic E-state index is 14.1. The topological polar surface area (TPSA) is 75.7 Å². The second-order valence-corrected chi connectivity index (χ2v) is 9.53. The Morgan fingerprint density at radius 3 is 2.52 bits per heavy atom. The zero-order chi connectivity index (χ0) is 21.1. The molecule has 2 aromatic carbocycles. The number of benzene rings is 2. The summed E-state index contributed by atoms with van der Waals surface area (Å²) >= 11 is 0. The minimum absolute atomic E-state index is 0.0698. The van der Waals surface area contributed by atoms with Crippen LogP contribution in [0.25, 0.3) is 0 Å². The highest BCUT2D eigenvalue weighted by molar-refractivity contribution is 7.89. The van der Waals surface area contributed by atoms with Crippen molar-refractivity contribution in [3.8, 4) is 0 Å². The van der Waals surface area contributed by atoms with Crippen molar-refractivity contribution in [1.82, 2.24) is 9.62 Å². The molecule has 1 fully saturated rings. The largest absolute Gasteiger partial charge is 0.379 e. The Bertz CT molecular complexity index is 986. The van der Waals surface area contributed by atoms with Crippen LogP contribution in [0.1, 0.15) is 29.8 Å². The molecule has 1 heterocycles. The summed E-state index contributed by atoms with van der Waals surface area (Å²) in [6, 6.07) is 12.4. The third kappa shape index (κ3) is 4.83. The van der Waals surface area contributed by atoms with Gasteiger partial charge in [-0.15, -0.1) is 0 Å². The normalized spacial score (nSPS) is 15.8. The Labute approximate surface area is 170 Å². The van der Waals surface area contributed by atoms with Gasteiger partial charge in [-0.1, -0.05) is 38.1 Å². The van der Waals surface area contributed by atoms with E-state index < -0.39 is 21.3 Å². The number of sulfonamides is 1. The zero-order valence-electron chi connectivity index (χ0n) is 16.5. The molecule has 0 aromatic heterocycles. The van der Waals surface area contributed by atoms with Gasteiger partial charge < -0.3 is 10.1 Å². The Kier molecular flexibility index (Phi) is 6.36. The van der Waals surface area contributed by atoms with Crippen LogP contribution in [0.4, 0.5) is 4.39 Å². The molecule has 0 radical (unpaired) electrons. The molecule has 1 saturated heterocycles. The average Bonchev–Trinajstić information content (AvgIpc) is 2.73. The van der Waals surface area contributed by atoms with Gasteiger partial charge in [0.1, 0.15) is 5.82 Å². The second kappa shape index (κ2) is 8.61. The number of carbonyl (C=O) groups is 1. The molecule has 0 atom stereocenters. The number of carbonyl (C=O) groups excluding carboxylic acids is 1. The van der Waals surface area contributed by atoms with Crippen molar-refractivity contribution in [2.24, 2.45) is 0 Å². The lowest BCUT2D eigenvalue weighted by atomic mass is 9.84. The van der Waals surface area contributed by atoms with E-state index in [2.05, 4.69) is 5.32 Å². The fraction of sp³-hybridized carbons (Fsp3) is 0.381. The third-order valence-corrected chi connectivity index (χ3v) is 6.89. The highest BCUT2D eigenvalue weighted by atomic mass is 32.2. The van der Waals surface area contributed by atoms with Gasteiger partial charge >= 0.3 is 0 Å². The summed E-state index contributed by atoms with van der Waals surface area (Å²) in [5, 5.41) is 2.79. The van der Waals surface area contributed by atoms with Crippen LogP contribution in [0.3, 0.4) is 0 Å². The summed E-state index contributed by atoms with van der Waals surface area (Å²) < 4.78 is 46.3. The van der Waals surface area contributed by atoms with Gasteiger partial charge in [0, 0.05) is 30.6 Å². The van der Waals surface area contributed by atoms with Crippen LogP contribution in [-0.2, 0) is 20.2 Å². The van der Waals surface area contributed by atoms with Crippen molar-refractivity contribution in [1.29, 1.82) is 0 Å². The monoisotopic (exact) mass is 420 g/mol. The van der Waals surface area contributed by atoms with Gasteiger partial charge in [-0.05, 0) is 29.8 Å². The molecule has 0 bridgehead atoms.